The average molecular weight is 240 g/mol. The number of hydrogen-bond donors (Lipinski definition) is 0. The van der Waals surface area contributed by atoms with Gasteiger partial charge in [0.2, 0.25) is 6.08 Å². The number of carbonyl (C=O) groups excluding carboxylic acids is 1. The smallest absolute Gasteiger partial charge is 0.235 e. The molecule has 0 aliphatic heterocycles. The van der Waals surface area contributed by atoms with Gasteiger partial charge in [-0.2, -0.15) is 4.99 Å². The molecule has 0 aromatic heterocycles. The third-order valence-corrected chi connectivity index (χ3v) is 3.18. The maximum atomic E-state index is 13.6. The summed E-state index contributed by atoms with van der Waals surface area (Å²) in [6.07, 6.45) is 1.94. The Morgan fingerprint density at radius 2 is 2.19 bits per heavy atom. The molecule has 0 atom stereocenters. The van der Waals surface area contributed by atoms with Gasteiger partial charge in [-0.25, -0.2) is 9.18 Å². The Kier molecular flexibility index (Phi) is 2.61. The molecule has 0 amide bonds. The van der Waals surface area contributed by atoms with Gasteiger partial charge in [0, 0.05) is 17.9 Å². The van der Waals surface area contributed by atoms with Crippen molar-refractivity contribution in [2.75, 3.05) is 0 Å². The van der Waals surface area contributed by atoms with E-state index >= 15 is 0 Å². The van der Waals surface area contributed by atoms with Gasteiger partial charge in [-0.3, -0.25) is 0 Å². The van der Waals surface area contributed by atoms with Crippen LogP contribution in [0.25, 0.3) is 0 Å². The van der Waals surface area contributed by atoms with Crippen molar-refractivity contribution in [1.82, 2.24) is 0 Å². The maximum Gasteiger partial charge on any atom is 0.235 e. The second kappa shape index (κ2) is 3.69. The van der Waals surface area contributed by atoms with Gasteiger partial charge in [0.25, 0.3) is 0 Å². The van der Waals surface area contributed by atoms with Crippen molar-refractivity contribution in [3.05, 3.63) is 34.9 Å². The van der Waals surface area contributed by atoms with Crippen LogP contribution in [0.4, 0.5) is 4.39 Å². The zero-order chi connectivity index (χ0) is 11.8. The molecule has 1 aliphatic rings. The van der Waals surface area contributed by atoms with Crippen molar-refractivity contribution in [3.63, 3.8) is 0 Å². The molecule has 0 saturated heterocycles. The van der Waals surface area contributed by atoms with Gasteiger partial charge in [-0.05, 0) is 24.6 Å². The Morgan fingerprint density at radius 3 is 2.69 bits per heavy atom. The molecule has 0 unspecified atom stereocenters. The fourth-order valence-electron chi connectivity index (χ4n) is 2.38. The second-order valence-electron chi connectivity index (χ2n) is 4.51. The first-order valence-corrected chi connectivity index (χ1v) is 5.39. The van der Waals surface area contributed by atoms with E-state index in [4.69, 9.17) is 11.6 Å². The lowest BCUT2D eigenvalue weighted by atomic mass is 9.64. The third kappa shape index (κ3) is 1.89. The van der Waals surface area contributed by atoms with Crippen LogP contribution in [0.15, 0.2) is 29.3 Å². The Labute approximate surface area is 98.1 Å². The van der Waals surface area contributed by atoms with Crippen LogP contribution < -0.4 is 0 Å². The van der Waals surface area contributed by atoms with Crippen molar-refractivity contribution in [1.29, 1.82) is 0 Å². The normalized spacial score (nSPS) is 32.7. The molecular formula is C12H11ClFNO. The molecule has 0 bridgehead atoms. The highest BCUT2D eigenvalue weighted by Gasteiger charge is 2.54. The number of nitrogens with zero attached hydrogens (tertiary/aromatic N) is 1. The quantitative estimate of drug-likeness (QED) is 0.575. The van der Waals surface area contributed by atoms with E-state index in [1.807, 2.05) is 6.07 Å². The Morgan fingerprint density at radius 1 is 1.50 bits per heavy atom. The lowest BCUT2D eigenvalue weighted by Crippen LogP contribution is -2.48. The molecule has 2 rings (SSSR count). The minimum absolute atomic E-state index is 0.204. The zero-order valence-corrected chi connectivity index (χ0v) is 9.59. The van der Waals surface area contributed by atoms with Crippen molar-refractivity contribution in [3.8, 4) is 0 Å². The lowest BCUT2D eigenvalue weighted by Gasteiger charge is -2.46. The minimum Gasteiger partial charge on any atom is -0.244 e. The molecule has 0 N–H and O–H groups in total. The lowest BCUT2D eigenvalue weighted by molar-refractivity contribution is 0.00285. The first kappa shape index (κ1) is 11.3. The molecule has 1 aliphatic carbocycles. The van der Waals surface area contributed by atoms with Gasteiger partial charge < -0.3 is 0 Å². The number of rotatable bonds is 2. The Hall–Kier alpha value is -1.18. The summed E-state index contributed by atoms with van der Waals surface area (Å²) in [6, 6.07) is 7.03. The van der Waals surface area contributed by atoms with Gasteiger partial charge in [0.1, 0.15) is 11.2 Å². The van der Waals surface area contributed by atoms with Crippen LogP contribution in [-0.2, 0) is 10.3 Å². The first-order chi connectivity index (χ1) is 7.47. The number of isocyanates is 1. The van der Waals surface area contributed by atoms with Crippen LogP contribution in [0.2, 0.25) is 5.02 Å². The highest BCUT2D eigenvalue weighted by Crippen LogP contribution is 2.53. The highest BCUT2D eigenvalue weighted by molar-refractivity contribution is 6.30. The van der Waals surface area contributed by atoms with E-state index in [1.54, 1.807) is 18.2 Å². The van der Waals surface area contributed by atoms with Crippen molar-refractivity contribution in [2.24, 2.45) is 4.99 Å². The fraction of sp³-hybridized carbons (Fsp3) is 0.417. The van der Waals surface area contributed by atoms with E-state index in [0.717, 1.165) is 5.56 Å². The van der Waals surface area contributed by atoms with Gasteiger partial charge >= 0.3 is 0 Å². The number of hydrogen-bond acceptors (Lipinski definition) is 2. The molecule has 0 radical (unpaired) electrons. The molecule has 16 heavy (non-hydrogen) atoms. The number of alkyl halides is 1. The summed E-state index contributed by atoms with van der Waals surface area (Å²) < 4.78 is 13.6. The van der Waals surface area contributed by atoms with Crippen LogP contribution in [0.3, 0.4) is 0 Å². The highest BCUT2D eigenvalue weighted by atomic mass is 35.5. The number of halogens is 2. The molecule has 84 valence electrons. The number of aliphatic imine (C=N–C) groups is 1. The fourth-order valence-corrected chi connectivity index (χ4v) is 2.57. The summed E-state index contributed by atoms with van der Waals surface area (Å²) in [6.45, 7) is 1.51. The summed E-state index contributed by atoms with van der Waals surface area (Å²) in [5.41, 5.74) is -1.25. The Balaban J connectivity index is 2.39. The summed E-state index contributed by atoms with van der Waals surface area (Å²) in [4.78, 5) is 14.2. The minimum atomic E-state index is -1.26. The van der Waals surface area contributed by atoms with Crippen molar-refractivity contribution in [2.45, 2.75) is 31.0 Å². The van der Waals surface area contributed by atoms with E-state index < -0.39 is 11.2 Å². The van der Waals surface area contributed by atoms with Crippen LogP contribution in [0.5, 0.6) is 0 Å². The van der Waals surface area contributed by atoms with Crippen LogP contribution in [0.1, 0.15) is 25.3 Å². The summed E-state index contributed by atoms with van der Waals surface area (Å²) >= 11 is 5.87. The molecule has 1 aromatic rings. The Bertz CT molecular complexity index is 458. The molecule has 1 saturated carbocycles. The van der Waals surface area contributed by atoms with E-state index in [0.29, 0.717) is 5.02 Å². The van der Waals surface area contributed by atoms with Gasteiger partial charge in [0.05, 0.1) is 0 Å². The topological polar surface area (TPSA) is 29.4 Å². The SMILES string of the molecule is CC1(F)CC(N=C=O)(c2cccc(Cl)c2)C1. The zero-order valence-electron chi connectivity index (χ0n) is 8.84. The maximum absolute atomic E-state index is 13.6. The molecule has 0 spiro atoms. The standard InChI is InChI=1S/C12H11ClFNO/c1-11(14)6-12(7-11,15-8-16)9-3-2-4-10(13)5-9/h2-5H,6-7H2,1H3. The van der Waals surface area contributed by atoms with Crippen LogP contribution >= 0.6 is 11.6 Å². The van der Waals surface area contributed by atoms with Crippen molar-refractivity contribution < 1.29 is 9.18 Å². The summed E-state index contributed by atoms with van der Waals surface area (Å²) in [5, 5.41) is 0.561. The molecule has 0 heterocycles. The van der Waals surface area contributed by atoms with Gasteiger partial charge in [-0.1, -0.05) is 23.7 Å². The molecular weight excluding hydrogens is 229 g/mol. The van der Waals surface area contributed by atoms with Crippen LogP contribution in [0, 0.1) is 0 Å². The molecule has 4 heteroatoms. The van der Waals surface area contributed by atoms with Crippen molar-refractivity contribution >= 4 is 17.7 Å². The van der Waals surface area contributed by atoms with E-state index in [1.165, 1.54) is 13.0 Å². The predicted molar refractivity (Wildman–Crippen MR) is 60.0 cm³/mol. The second-order valence-corrected chi connectivity index (χ2v) is 4.95. The monoisotopic (exact) mass is 239 g/mol. The van der Waals surface area contributed by atoms with Gasteiger partial charge in [0.15, 0.2) is 0 Å². The summed E-state index contributed by atoms with van der Waals surface area (Å²) in [5.74, 6) is 0. The summed E-state index contributed by atoms with van der Waals surface area (Å²) in [7, 11) is 0. The third-order valence-electron chi connectivity index (χ3n) is 2.94. The van der Waals surface area contributed by atoms with Gasteiger partial charge in [-0.15, -0.1) is 0 Å². The first-order valence-electron chi connectivity index (χ1n) is 5.01. The van der Waals surface area contributed by atoms with Crippen LogP contribution in [-0.4, -0.2) is 11.7 Å². The van der Waals surface area contributed by atoms with E-state index in [2.05, 4.69) is 4.99 Å². The average Bonchev–Trinajstić information content (AvgIpc) is 2.15. The predicted octanol–water partition coefficient (Wildman–Crippen LogP) is 3.39. The molecule has 1 fully saturated rings. The van der Waals surface area contributed by atoms with E-state index in [-0.39, 0.29) is 12.8 Å². The number of benzene rings is 1. The largest absolute Gasteiger partial charge is 0.244 e. The molecule has 2 nitrogen and oxygen atoms in total. The molecule has 1 aromatic carbocycles. The van der Waals surface area contributed by atoms with E-state index in [9.17, 15) is 9.18 Å².